The van der Waals surface area contributed by atoms with Crippen LogP contribution in [0.25, 0.3) is 10.9 Å². The van der Waals surface area contributed by atoms with Crippen LogP contribution in [-0.2, 0) is 0 Å². The third kappa shape index (κ3) is 2.83. The largest absolute Gasteiger partial charge is 0.454 e. The van der Waals surface area contributed by atoms with Crippen LogP contribution in [0.4, 0.5) is 4.39 Å². The zero-order chi connectivity index (χ0) is 14.8. The molecule has 104 valence electrons. The summed E-state index contributed by atoms with van der Waals surface area (Å²) in [6.45, 7) is 0. The highest BCUT2D eigenvalue weighted by Gasteiger charge is 2.08. The second-order valence-electron chi connectivity index (χ2n) is 4.47. The van der Waals surface area contributed by atoms with E-state index in [1.807, 2.05) is 18.2 Å². The lowest BCUT2D eigenvalue weighted by Crippen LogP contribution is -2.09. The van der Waals surface area contributed by atoms with E-state index in [1.165, 1.54) is 12.1 Å². The molecule has 21 heavy (non-hydrogen) atoms. The molecule has 1 aromatic heterocycles. The minimum absolute atomic E-state index is 0.116. The first-order chi connectivity index (χ1) is 10.1. The van der Waals surface area contributed by atoms with Crippen molar-refractivity contribution in [3.63, 3.8) is 0 Å². The van der Waals surface area contributed by atoms with Crippen molar-refractivity contribution in [3.05, 3.63) is 66.1 Å². The summed E-state index contributed by atoms with van der Waals surface area (Å²) in [6, 6.07) is 13.6. The van der Waals surface area contributed by atoms with E-state index in [2.05, 4.69) is 4.98 Å². The number of hydrogen-bond acceptors (Lipinski definition) is 3. The fourth-order valence-electron chi connectivity index (χ4n) is 1.97. The molecule has 0 radical (unpaired) electrons. The Labute approximate surface area is 126 Å². The lowest BCUT2D eigenvalue weighted by Gasteiger charge is -2.08. The summed E-state index contributed by atoms with van der Waals surface area (Å²) in [7, 11) is 0. The van der Waals surface area contributed by atoms with Gasteiger partial charge in [-0.05, 0) is 36.4 Å². The summed E-state index contributed by atoms with van der Waals surface area (Å²) in [5, 5.41) is 0.995. The van der Waals surface area contributed by atoms with E-state index in [-0.39, 0.29) is 10.7 Å². The SMILES string of the molecule is NC(=S)c1ccc(Oc2ccc3cccnc3c2)c(F)c1. The van der Waals surface area contributed by atoms with Crippen LogP contribution < -0.4 is 10.5 Å². The Kier molecular flexibility index (Phi) is 3.50. The second-order valence-corrected chi connectivity index (χ2v) is 4.91. The van der Waals surface area contributed by atoms with Crippen molar-refractivity contribution in [2.45, 2.75) is 0 Å². The molecule has 0 saturated heterocycles. The van der Waals surface area contributed by atoms with Crippen molar-refractivity contribution in [3.8, 4) is 11.5 Å². The topological polar surface area (TPSA) is 48.1 Å². The minimum Gasteiger partial charge on any atom is -0.454 e. The van der Waals surface area contributed by atoms with Gasteiger partial charge in [-0.1, -0.05) is 18.3 Å². The summed E-state index contributed by atoms with van der Waals surface area (Å²) >= 11 is 4.81. The molecule has 0 spiro atoms. The van der Waals surface area contributed by atoms with Crippen molar-refractivity contribution >= 4 is 28.1 Å². The van der Waals surface area contributed by atoms with E-state index in [1.54, 1.807) is 24.4 Å². The maximum absolute atomic E-state index is 14.0. The van der Waals surface area contributed by atoms with Gasteiger partial charge in [-0.3, -0.25) is 4.98 Å². The average molecular weight is 298 g/mol. The lowest BCUT2D eigenvalue weighted by atomic mass is 10.2. The predicted molar refractivity (Wildman–Crippen MR) is 84.1 cm³/mol. The van der Waals surface area contributed by atoms with Gasteiger partial charge in [0.2, 0.25) is 0 Å². The molecule has 0 aliphatic rings. The van der Waals surface area contributed by atoms with E-state index in [0.717, 1.165) is 10.9 Å². The average Bonchev–Trinajstić information content (AvgIpc) is 2.49. The molecule has 2 N–H and O–H groups in total. The third-order valence-electron chi connectivity index (χ3n) is 3.02. The Hall–Kier alpha value is -2.53. The highest BCUT2D eigenvalue weighted by atomic mass is 32.1. The van der Waals surface area contributed by atoms with Gasteiger partial charge in [0.1, 0.15) is 10.7 Å². The molecule has 2 aromatic carbocycles. The van der Waals surface area contributed by atoms with Gasteiger partial charge >= 0.3 is 0 Å². The van der Waals surface area contributed by atoms with Gasteiger partial charge in [0.25, 0.3) is 0 Å². The molecule has 0 saturated carbocycles. The van der Waals surface area contributed by atoms with Gasteiger partial charge in [0.15, 0.2) is 11.6 Å². The summed E-state index contributed by atoms with van der Waals surface area (Å²) in [4.78, 5) is 4.38. The molecule has 3 aromatic rings. The smallest absolute Gasteiger partial charge is 0.166 e. The van der Waals surface area contributed by atoms with Crippen molar-refractivity contribution < 1.29 is 9.13 Å². The number of thiocarbonyl (C=S) groups is 1. The number of benzene rings is 2. The maximum Gasteiger partial charge on any atom is 0.166 e. The van der Waals surface area contributed by atoms with Crippen molar-refractivity contribution in [2.75, 3.05) is 0 Å². The van der Waals surface area contributed by atoms with Gasteiger partial charge in [-0.15, -0.1) is 0 Å². The Bertz CT molecular complexity index is 835. The fraction of sp³-hybridized carbons (Fsp3) is 0. The Morgan fingerprint density at radius 2 is 2.00 bits per heavy atom. The van der Waals surface area contributed by atoms with Gasteiger partial charge in [-0.2, -0.15) is 0 Å². The molecule has 0 aliphatic heterocycles. The number of halogens is 1. The molecule has 0 atom stereocenters. The van der Waals surface area contributed by atoms with Gasteiger partial charge in [0, 0.05) is 23.2 Å². The Morgan fingerprint density at radius 1 is 1.14 bits per heavy atom. The number of ether oxygens (including phenoxy) is 1. The number of aromatic nitrogens is 1. The highest BCUT2D eigenvalue weighted by Crippen LogP contribution is 2.27. The van der Waals surface area contributed by atoms with Crippen molar-refractivity contribution in [1.82, 2.24) is 4.98 Å². The molecule has 3 rings (SSSR count). The van der Waals surface area contributed by atoms with Crippen LogP contribution in [0.3, 0.4) is 0 Å². The molecule has 1 heterocycles. The Morgan fingerprint density at radius 3 is 2.76 bits per heavy atom. The molecule has 3 nitrogen and oxygen atoms in total. The van der Waals surface area contributed by atoms with E-state index in [9.17, 15) is 4.39 Å². The van der Waals surface area contributed by atoms with Gasteiger partial charge in [-0.25, -0.2) is 4.39 Å². The number of nitrogens with two attached hydrogens (primary N) is 1. The molecular formula is C16H11FN2OS. The summed E-state index contributed by atoms with van der Waals surface area (Å²) in [5.41, 5.74) is 6.72. The van der Waals surface area contributed by atoms with Crippen LogP contribution in [0.5, 0.6) is 11.5 Å². The van der Waals surface area contributed by atoms with Crippen molar-refractivity contribution in [1.29, 1.82) is 0 Å². The third-order valence-corrected chi connectivity index (χ3v) is 3.26. The fourth-order valence-corrected chi connectivity index (χ4v) is 2.10. The molecule has 5 heteroatoms. The number of hydrogen-bond donors (Lipinski definition) is 1. The normalized spacial score (nSPS) is 10.5. The maximum atomic E-state index is 14.0. The van der Waals surface area contributed by atoms with E-state index in [4.69, 9.17) is 22.7 Å². The van der Waals surface area contributed by atoms with Crippen LogP contribution in [-0.4, -0.2) is 9.97 Å². The van der Waals surface area contributed by atoms with E-state index in [0.29, 0.717) is 11.3 Å². The van der Waals surface area contributed by atoms with Crippen LogP contribution in [0.15, 0.2) is 54.7 Å². The van der Waals surface area contributed by atoms with Gasteiger partial charge < -0.3 is 10.5 Å². The summed E-state index contributed by atoms with van der Waals surface area (Å²) in [5.74, 6) is 0.120. The highest BCUT2D eigenvalue weighted by molar-refractivity contribution is 7.80. The summed E-state index contributed by atoms with van der Waals surface area (Å²) < 4.78 is 19.5. The molecular weight excluding hydrogens is 287 g/mol. The first-order valence-corrected chi connectivity index (χ1v) is 6.66. The monoisotopic (exact) mass is 298 g/mol. The summed E-state index contributed by atoms with van der Waals surface area (Å²) in [6.07, 6.45) is 1.70. The molecule has 0 fully saturated rings. The Balaban J connectivity index is 1.93. The first-order valence-electron chi connectivity index (χ1n) is 6.25. The lowest BCUT2D eigenvalue weighted by molar-refractivity contribution is 0.442. The zero-order valence-electron chi connectivity index (χ0n) is 10.9. The van der Waals surface area contributed by atoms with Crippen LogP contribution >= 0.6 is 12.2 Å². The van der Waals surface area contributed by atoms with Crippen molar-refractivity contribution in [2.24, 2.45) is 5.73 Å². The number of rotatable bonds is 3. The van der Waals surface area contributed by atoms with Crippen LogP contribution in [0.1, 0.15) is 5.56 Å². The standard InChI is InChI=1S/C16H11FN2OS/c17-13-8-11(16(18)21)4-6-15(13)20-12-5-3-10-2-1-7-19-14(10)9-12/h1-9H,(H2,18,21). The van der Waals surface area contributed by atoms with Gasteiger partial charge in [0.05, 0.1) is 5.52 Å². The van der Waals surface area contributed by atoms with Crippen LogP contribution in [0, 0.1) is 5.82 Å². The second kappa shape index (κ2) is 5.46. The number of nitrogens with zero attached hydrogens (tertiary/aromatic N) is 1. The first kappa shape index (κ1) is 13.5. The molecule has 0 amide bonds. The molecule has 0 aliphatic carbocycles. The van der Waals surface area contributed by atoms with Crippen LogP contribution in [0.2, 0.25) is 0 Å². The predicted octanol–water partition coefficient (Wildman–Crippen LogP) is 3.80. The van der Waals surface area contributed by atoms with E-state index >= 15 is 0 Å². The number of fused-ring (bicyclic) bond motifs is 1. The zero-order valence-corrected chi connectivity index (χ0v) is 11.7. The quantitative estimate of drug-likeness (QED) is 0.747. The van der Waals surface area contributed by atoms with E-state index < -0.39 is 5.82 Å². The minimum atomic E-state index is -0.513. The molecule has 0 bridgehead atoms. The molecule has 0 unspecified atom stereocenters. The number of pyridine rings is 1.